The minimum Gasteiger partial charge on any atom is -0.384 e. The lowest BCUT2D eigenvalue weighted by molar-refractivity contribution is 0.0954. The lowest BCUT2D eigenvalue weighted by atomic mass is 10.0. The Labute approximate surface area is 182 Å². The molecular weight excluding hydrogens is 386 g/mol. The van der Waals surface area contributed by atoms with Crippen molar-refractivity contribution in [1.82, 2.24) is 19.9 Å². The molecule has 0 saturated heterocycles. The Balaban J connectivity index is 1.89. The summed E-state index contributed by atoms with van der Waals surface area (Å²) < 4.78 is 1.83. The second-order valence-corrected chi connectivity index (χ2v) is 8.66. The van der Waals surface area contributed by atoms with Crippen LogP contribution in [-0.2, 0) is 0 Å². The van der Waals surface area contributed by atoms with Crippen LogP contribution in [0.3, 0.4) is 0 Å². The Kier molecular flexibility index (Phi) is 5.63. The Morgan fingerprint density at radius 1 is 1.00 bits per heavy atom. The number of hydrogen-bond donors (Lipinski definition) is 2. The number of carbonyl (C=O) groups excluding carboxylic acids is 1. The Bertz CT molecular complexity index is 1240. The van der Waals surface area contributed by atoms with Crippen LogP contribution in [0, 0.1) is 5.92 Å². The normalized spacial score (nSPS) is 11.7. The van der Waals surface area contributed by atoms with E-state index in [2.05, 4.69) is 45.1 Å². The highest BCUT2D eigenvalue weighted by atomic mass is 16.1. The second-order valence-electron chi connectivity index (χ2n) is 8.66. The number of amides is 1. The molecule has 1 amide bonds. The van der Waals surface area contributed by atoms with Gasteiger partial charge in [-0.05, 0) is 48.1 Å². The molecule has 0 radical (unpaired) electrons. The van der Waals surface area contributed by atoms with Gasteiger partial charge >= 0.3 is 0 Å². The van der Waals surface area contributed by atoms with E-state index in [0.29, 0.717) is 40.9 Å². The van der Waals surface area contributed by atoms with Crippen molar-refractivity contribution in [2.75, 3.05) is 12.3 Å². The largest absolute Gasteiger partial charge is 0.384 e. The number of para-hydroxylation sites is 2. The molecule has 0 aliphatic heterocycles. The van der Waals surface area contributed by atoms with Crippen LogP contribution in [-0.4, -0.2) is 27.0 Å². The Morgan fingerprint density at radius 2 is 1.65 bits per heavy atom. The molecule has 6 nitrogen and oxygen atoms in total. The third kappa shape index (κ3) is 3.98. The van der Waals surface area contributed by atoms with E-state index in [1.807, 2.05) is 41.0 Å². The van der Waals surface area contributed by atoms with Gasteiger partial charge in [0.15, 0.2) is 5.65 Å². The molecule has 31 heavy (non-hydrogen) atoms. The topological polar surface area (TPSA) is 85.8 Å². The molecule has 2 aromatic heterocycles. The van der Waals surface area contributed by atoms with Crippen LogP contribution in [0.4, 0.5) is 5.82 Å². The number of fused-ring (bicyclic) bond motifs is 2. The quantitative estimate of drug-likeness (QED) is 0.461. The first-order valence-electron chi connectivity index (χ1n) is 10.8. The summed E-state index contributed by atoms with van der Waals surface area (Å²) >= 11 is 0. The highest BCUT2D eigenvalue weighted by molar-refractivity contribution is 6.11. The fourth-order valence-electron chi connectivity index (χ4n) is 3.72. The second kappa shape index (κ2) is 8.38. The number of anilines is 1. The van der Waals surface area contributed by atoms with E-state index in [4.69, 9.17) is 15.7 Å². The zero-order chi connectivity index (χ0) is 22.1. The van der Waals surface area contributed by atoms with Crippen LogP contribution in [0.1, 0.15) is 56.0 Å². The van der Waals surface area contributed by atoms with Crippen molar-refractivity contribution in [2.45, 2.75) is 40.0 Å². The first-order chi connectivity index (χ1) is 14.9. The molecule has 0 spiro atoms. The Morgan fingerprint density at radius 3 is 2.26 bits per heavy atom. The molecule has 0 aliphatic rings. The van der Waals surface area contributed by atoms with Crippen LogP contribution in [0.2, 0.25) is 0 Å². The van der Waals surface area contributed by atoms with Gasteiger partial charge in [-0.25, -0.2) is 9.97 Å². The molecule has 0 bridgehead atoms. The van der Waals surface area contributed by atoms with Crippen LogP contribution in [0.5, 0.6) is 0 Å². The van der Waals surface area contributed by atoms with Crippen molar-refractivity contribution in [1.29, 1.82) is 0 Å². The van der Waals surface area contributed by atoms with Gasteiger partial charge in [-0.2, -0.15) is 0 Å². The van der Waals surface area contributed by atoms with E-state index in [0.717, 1.165) is 23.1 Å². The van der Waals surface area contributed by atoms with Gasteiger partial charge in [0.1, 0.15) is 16.9 Å². The molecule has 0 atom stereocenters. The highest BCUT2D eigenvalue weighted by Crippen LogP contribution is 2.31. The maximum absolute atomic E-state index is 13.1. The summed E-state index contributed by atoms with van der Waals surface area (Å²) in [4.78, 5) is 22.7. The number of rotatable bonds is 6. The predicted molar refractivity (Wildman–Crippen MR) is 127 cm³/mol. The third-order valence-electron chi connectivity index (χ3n) is 5.55. The third-order valence-corrected chi connectivity index (χ3v) is 5.55. The maximum Gasteiger partial charge on any atom is 0.257 e. The average Bonchev–Trinajstić information content (AvgIpc) is 3.02. The molecule has 0 saturated carbocycles. The number of benzene rings is 2. The fraction of sp³-hybridized carbons (Fsp3) is 0.320. The van der Waals surface area contributed by atoms with Gasteiger partial charge in [0.25, 0.3) is 5.91 Å². The van der Waals surface area contributed by atoms with Crippen molar-refractivity contribution in [3.8, 4) is 5.69 Å². The maximum atomic E-state index is 13.1. The fourth-order valence-corrected chi connectivity index (χ4v) is 3.72. The van der Waals surface area contributed by atoms with E-state index in [1.165, 1.54) is 5.56 Å². The van der Waals surface area contributed by atoms with Gasteiger partial charge in [0, 0.05) is 12.2 Å². The number of aromatic nitrogens is 3. The zero-order valence-corrected chi connectivity index (χ0v) is 18.5. The summed E-state index contributed by atoms with van der Waals surface area (Å²) in [5.74, 6) is 1.07. The molecule has 2 heterocycles. The molecular formula is C25H29N5O. The van der Waals surface area contributed by atoms with E-state index in [-0.39, 0.29) is 5.91 Å². The average molecular weight is 416 g/mol. The molecule has 160 valence electrons. The van der Waals surface area contributed by atoms with Crippen molar-refractivity contribution < 1.29 is 4.79 Å². The number of carbonyl (C=O) groups is 1. The molecule has 0 aliphatic carbocycles. The number of hydrogen-bond acceptors (Lipinski definition) is 4. The van der Waals surface area contributed by atoms with E-state index >= 15 is 0 Å². The lowest BCUT2D eigenvalue weighted by Gasteiger charge is -2.11. The molecule has 6 heteroatoms. The van der Waals surface area contributed by atoms with Crippen LogP contribution < -0.4 is 11.1 Å². The molecule has 0 unspecified atom stereocenters. The number of nitrogens with one attached hydrogen (secondary N) is 1. The predicted octanol–water partition coefficient (Wildman–Crippen LogP) is 5.06. The van der Waals surface area contributed by atoms with Gasteiger partial charge in [-0.15, -0.1) is 0 Å². The standard InChI is InChI=1S/C25H29N5O/c1-15(2)13-14-27-25(31)21-22-24(29-20-8-6-5-7-19(20)28-22)30(23(21)26)18-11-9-17(10-12-18)16(3)4/h5-12,15-16H,13-14,26H2,1-4H3,(H,27,31). The van der Waals surface area contributed by atoms with E-state index in [9.17, 15) is 4.79 Å². The summed E-state index contributed by atoms with van der Waals surface area (Å²) in [6.45, 7) is 9.17. The minimum atomic E-state index is -0.217. The zero-order valence-electron chi connectivity index (χ0n) is 18.5. The lowest BCUT2D eigenvalue weighted by Crippen LogP contribution is -2.26. The van der Waals surface area contributed by atoms with Gasteiger partial charge in [-0.1, -0.05) is 52.0 Å². The first kappa shape index (κ1) is 20.8. The van der Waals surface area contributed by atoms with E-state index < -0.39 is 0 Å². The number of nitrogen functional groups attached to an aromatic ring is 1. The molecule has 2 aromatic carbocycles. The SMILES string of the molecule is CC(C)CCNC(=O)c1c(N)n(-c2ccc(C(C)C)cc2)c2nc3ccccc3nc12. The summed E-state index contributed by atoms with van der Waals surface area (Å²) in [5, 5.41) is 3.00. The van der Waals surface area contributed by atoms with Crippen molar-refractivity contribution >= 4 is 33.9 Å². The minimum absolute atomic E-state index is 0.217. The first-order valence-corrected chi connectivity index (χ1v) is 10.8. The molecule has 0 fully saturated rings. The van der Waals surface area contributed by atoms with Gasteiger partial charge < -0.3 is 11.1 Å². The summed E-state index contributed by atoms with van der Waals surface area (Å²) in [6, 6.07) is 15.9. The van der Waals surface area contributed by atoms with Crippen LogP contribution in [0.25, 0.3) is 27.9 Å². The summed E-state index contributed by atoms with van der Waals surface area (Å²) in [6.07, 6.45) is 0.898. The smallest absolute Gasteiger partial charge is 0.257 e. The monoisotopic (exact) mass is 415 g/mol. The highest BCUT2D eigenvalue weighted by Gasteiger charge is 2.24. The van der Waals surface area contributed by atoms with Crippen molar-refractivity contribution in [2.24, 2.45) is 5.92 Å². The van der Waals surface area contributed by atoms with Crippen LogP contribution >= 0.6 is 0 Å². The number of nitrogens with two attached hydrogens (primary N) is 1. The van der Waals surface area contributed by atoms with Crippen LogP contribution in [0.15, 0.2) is 48.5 Å². The van der Waals surface area contributed by atoms with Crippen molar-refractivity contribution in [3.63, 3.8) is 0 Å². The van der Waals surface area contributed by atoms with Gasteiger partial charge in [0.2, 0.25) is 0 Å². The summed E-state index contributed by atoms with van der Waals surface area (Å²) in [7, 11) is 0. The molecule has 3 N–H and O–H groups in total. The van der Waals surface area contributed by atoms with E-state index in [1.54, 1.807) is 0 Å². The summed E-state index contributed by atoms with van der Waals surface area (Å²) in [5.41, 5.74) is 11.6. The molecule has 4 rings (SSSR count). The Hall–Kier alpha value is -3.41. The van der Waals surface area contributed by atoms with Gasteiger partial charge in [-0.3, -0.25) is 9.36 Å². The van der Waals surface area contributed by atoms with Crippen molar-refractivity contribution in [3.05, 3.63) is 59.7 Å². The van der Waals surface area contributed by atoms with Gasteiger partial charge in [0.05, 0.1) is 11.0 Å². The molecule has 4 aromatic rings. The number of nitrogens with zero attached hydrogens (tertiary/aromatic N) is 3.